The molecular formula is C13H12ClN3O. The van der Waals surface area contributed by atoms with Crippen LogP contribution in [0.25, 0.3) is 0 Å². The lowest BCUT2D eigenvalue weighted by molar-refractivity contribution is -0.117. The quantitative estimate of drug-likeness (QED) is 0.891. The highest BCUT2D eigenvalue weighted by molar-refractivity contribution is 6.30. The highest BCUT2D eigenvalue weighted by Crippen LogP contribution is 2.15. The van der Waals surface area contributed by atoms with E-state index in [0.29, 0.717) is 10.8 Å². The molecule has 1 aromatic heterocycles. The van der Waals surface area contributed by atoms with Gasteiger partial charge >= 0.3 is 0 Å². The lowest BCUT2D eigenvalue weighted by Gasteiger charge is -2.11. The highest BCUT2D eigenvalue weighted by Gasteiger charge is 2.15. The summed E-state index contributed by atoms with van der Waals surface area (Å²) < 4.78 is 0. The number of nitrogens with one attached hydrogen (secondary N) is 1. The smallest absolute Gasteiger partial charge is 0.247 e. The van der Waals surface area contributed by atoms with Gasteiger partial charge in [-0.3, -0.25) is 4.79 Å². The van der Waals surface area contributed by atoms with E-state index in [1.807, 2.05) is 18.2 Å². The second-order valence-corrected chi connectivity index (χ2v) is 4.17. The van der Waals surface area contributed by atoms with Gasteiger partial charge in [0, 0.05) is 11.2 Å². The van der Waals surface area contributed by atoms with Crippen molar-refractivity contribution < 1.29 is 4.79 Å². The van der Waals surface area contributed by atoms with Crippen LogP contribution in [-0.4, -0.2) is 10.9 Å². The summed E-state index contributed by atoms with van der Waals surface area (Å²) in [6.45, 7) is 0. The number of rotatable bonds is 3. The first-order valence-electron chi connectivity index (χ1n) is 5.40. The van der Waals surface area contributed by atoms with E-state index in [0.717, 1.165) is 5.56 Å². The molecule has 1 heterocycles. The predicted molar refractivity (Wildman–Crippen MR) is 71.2 cm³/mol. The molecule has 0 bridgehead atoms. The number of hydrogen-bond donors (Lipinski definition) is 2. The van der Waals surface area contributed by atoms with E-state index < -0.39 is 6.04 Å². The van der Waals surface area contributed by atoms with Gasteiger partial charge in [-0.25, -0.2) is 4.98 Å². The van der Waals surface area contributed by atoms with Crippen LogP contribution in [0.2, 0.25) is 5.02 Å². The van der Waals surface area contributed by atoms with Crippen molar-refractivity contribution in [2.75, 3.05) is 5.32 Å². The van der Waals surface area contributed by atoms with Crippen LogP contribution in [0, 0.1) is 0 Å². The molecule has 0 radical (unpaired) electrons. The van der Waals surface area contributed by atoms with Gasteiger partial charge in [-0.15, -0.1) is 0 Å². The second-order valence-electron chi connectivity index (χ2n) is 3.74. The van der Waals surface area contributed by atoms with Crippen molar-refractivity contribution in [2.24, 2.45) is 5.73 Å². The van der Waals surface area contributed by atoms with Crippen molar-refractivity contribution >= 4 is 23.3 Å². The molecule has 0 aliphatic carbocycles. The number of aromatic nitrogens is 1. The normalized spacial score (nSPS) is 11.9. The van der Waals surface area contributed by atoms with Gasteiger partial charge in [0.25, 0.3) is 0 Å². The Bertz CT molecular complexity index is 545. The number of amides is 1. The number of carbonyl (C=O) groups is 1. The van der Waals surface area contributed by atoms with E-state index in [-0.39, 0.29) is 5.91 Å². The fourth-order valence-corrected chi connectivity index (χ4v) is 1.65. The average Bonchev–Trinajstić information content (AvgIpc) is 2.39. The molecule has 2 rings (SSSR count). The molecule has 4 nitrogen and oxygen atoms in total. The van der Waals surface area contributed by atoms with Gasteiger partial charge in [0.1, 0.15) is 11.9 Å². The summed E-state index contributed by atoms with van der Waals surface area (Å²) in [5, 5.41) is 3.13. The topological polar surface area (TPSA) is 68.0 Å². The van der Waals surface area contributed by atoms with Crippen molar-refractivity contribution in [3.05, 3.63) is 59.2 Å². The number of pyridine rings is 1. The van der Waals surface area contributed by atoms with Crippen molar-refractivity contribution in [1.29, 1.82) is 0 Å². The van der Waals surface area contributed by atoms with E-state index >= 15 is 0 Å². The fourth-order valence-electron chi connectivity index (χ4n) is 1.49. The second kappa shape index (κ2) is 5.62. The van der Waals surface area contributed by atoms with Gasteiger partial charge in [-0.05, 0) is 17.7 Å². The summed E-state index contributed by atoms with van der Waals surface area (Å²) in [5.41, 5.74) is 6.60. The first kappa shape index (κ1) is 12.5. The molecule has 0 unspecified atom stereocenters. The molecule has 0 aliphatic rings. The SMILES string of the molecule is N[C@H](C(=O)Nc1cc(Cl)ccn1)c1ccccc1. The fraction of sp³-hybridized carbons (Fsp3) is 0.0769. The maximum atomic E-state index is 11.9. The zero-order chi connectivity index (χ0) is 13.0. The lowest BCUT2D eigenvalue weighted by Crippen LogP contribution is -2.28. The Morgan fingerprint density at radius 2 is 2.00 bits per heavy atom. The largest absolute Gasteiger partial charge is 0.316 e. The average molecular weight is 262 g/mol. The minimum atomic E-state index is -0.730. The monoisotopic (exact) mass is 261 g/mol. The number of halogens is 1. The van der Waals surface area contributed by atoms with E-state index in [1.165, 1.54) is 6.20 Å². The minimum absolute atomic E-state index is 0.323. The Morgan fingerprint density at radius 3 is 2.67 bits per heavy atom. The molecule has 0 spiro atoms. The Balaban J connectivity index is 2.09. The molecule has 2 aromatic rings. The zero-order valence-corrected chi connectivity index (χ0v) is 10.3. The number of benzene rings is 1. The molecule has 1 amide bonds. The summed E-state index contributed by atoms with van der Waals surface area (Å²) in [6, 6.07) is 11.6. The van der Waals surface area contributed by atoms with E-state index in [4.69, 9.17) is 17.3 Å². The molecule has 5 heteroatoms. The molecule has 0 fully saturated rings. The third kappa shape index (κ3) is 3.06. The minimum Gasteiger partial charge on any atom is -0.316 e. The number of hydrogen-bond acceptors (Lipinski definition) is 3. The van der Waals surface area contributed by atoms with Gasteiger partial charge < -0.3 is 11.1 Å². The molecular weight excluding hydrogens is 250 g/mol. The first-order chi connectivity index (χ1) is 8.66. The summed E-state index contributed by atoms with van der Waals surface area (Å²) in [4.78, 5) is 15.9. The molecule has 1 atom stereocenters. The number of nitrogens with zero attached hydrogens (tertiary/aromatic N) is 1. The van der Waals surface area contributed by atoms with E-state index in [2.05, 4.69) is 10.3 Å². The maximum Gasteiger partial charge on any atom is 0.247 e. The van der Waals surface area contributed by atoms with Crippen LogP contribution in [0.4, 0.5) is 5.82 Å². The van der Waals surface area contributed by atoms with Crippen molar-refractivity contribution in [2.45, 2.75) is 6.04 Å². The van der Waals surface area contributed by atoms with Crippen LogP contribution in [0.3, 0.4) is 0 Å². The Labute approximate surface area is 110 Å². The molecule has 0 saturated carbocycles. The first-order valence-corrected chi connectivity index (χ1v) is 5.77. The van der Waals surface area contributed by atoms with Crippen molar-refractivity contribution in [1.82, 2.24) is 4.98 Å². The van der Waals surface area contributed by atoms with Crippen LogP contribution in [0.15, 0.2) is 48.7 Å². The molecule has 3 N–H and O–H groups in total. The molecule has 0 aliphatic heterocycles. The summed E-state index contributed by atoms with van der Waals surface area (Å²) in [5.74, 6) is 0.0647. The standard InChI is InChI=1S/C13H12ClN3O/c14-10-6-7-16-11(8-10)17-13(18)12(15)9-4-2-1-3-5-9/h1-8,12H,15H2,(H,16,17,18)/t12-/m0/s1. The predicted octanol–water partition coefficient (Wildman–Crippen LogP) is 2.37. The van der Waals surface area contributed by atoms with Crippen LogP contribution < -0.4 is 11.1 Å². The summed E-state index contributed by atoms with van der Waals surface area (Å²) in [6.07, 6.45) is 1.52. The molecule has 0 saturated heterocycles. The van der Waals surface area contributed by atoms with Gasteiger partial charge in [0.05, 0.1) is 0 Å². The van der Waals surface area contributed by atoms with E-state index in [1.54, 1.807) is 24.3 Å². The number of nitrogens with two attached hydrogens (primary N) is 1. The Morgan fingerprint density at radius 1 is 1.28 bits per heavy atom. The van der Waals surface area contributed by atoms with Crippen LogP contribution in [0.5, 0.6) is 0 Å². The molecule has 1 aromatic carbocycles. The van der Waals surface area contributed by atoms with Crippen LogP contribution in [0.1, 0.15) is 11.6 Å². The highest BCUT2D eigenvalue weighted by atomic mass is 35.5. The van der Waals surface area contributed by atoms with Crippen LogP contribution >= 0.6 is 11.6 Å². The van der Waals surface area contributed by atoms with E-state index in [9.17, 15) is 4.79 Å². The van der Waals surface area contributed by atoms with Crippen LogP contribution in [-0.2, 0) is 4.79 Å². The molecule has 92 valence electrons. The number of carbonyl (C=O) groups excluding carboxylic acids is 1. The van der Waals surface area contributed by atoms with Gasteiger partial charge in [0.2, 0.25) is 5.91 Å². The lowest BCUT2D eigenvalue weighted by atomic mass is 10.1. The van der Waals surface area contributed by atoms with Crippen molar-refractivity contribution in [3.8, 4) is 0 Å². The summed E-state index contributed by atoms with van der Waals surface area (Å²) >= 11 is 5.80. The van der Waals surface area contributed by atoms with Gasteiger partial charge in [-0.1, -0.05) is 41.9 Å². The maximum absolute atomic E-state index is 11.9. The third-order valence-electron chi connectivity index (χ3n) is 2.41. The van der Waals surface area contributed by atoms with Gasteiger partial charge in [-0.2, -0.15) is 0 Å². The Hall–Kier alpha value is -1.91. The zero-order valence-electron chi connectivity index (χ0n) is 9.51. The third-order valence-corrected chi connectivity index (χ3v) is 2.65. The molecule has 18 heavy (non-hydrogen) atoms. The van der Waals surface area contributed by atoms with Crippen molar-refractivity contribution in [3.63, 3.8) is 0 Å². The summed E-state index contributed by atoms with van der Waals surface area (Å²) in [7, 11) is 0. The van der Waals surface area contributed by atoms with Gasteiger partial charge in [0.15, 0.2) is 0 Å². The Kier molecular flexibility index (Phi) is 3.92. The number of anilines is 1.